The number of carbonyl (C=O) groups excluding carboxylic acids is 1. The van der Waals surface area contributed by atoms with Gasteiger partial charge in [0.25, 0.3) is 0 Å². The topological polar surface area (TPSA) is 52.9 Å². The predicted molar refractivity (Wildman–Crippen MR) is 88.2 cm³/mol. The van der Waals surface area contributed by atoms with Crippen molar-refractivity contribution < 1.29 is 4.79 Å². The maximum absolute atomic E-state index is 11.4. The van der Waals surface area contributed by atoms with Gasteiger partial charge < -0.3 is 5.32 Å². The Morgan fingerprint density at radius 2 is 1.59 bits per heavy atom. The van der Waals surface area contributed by atoms with Crippen molar-refractivity contribution in [3.8, 4) is 17.2 Å². The zero-order chi connectivity index (χ0) is 15.4. The zero-order valence-corrected chi connectivity index (χ0v) is 11.9. The lowest BCUT2D eigenvalue weighted by Gasteiger charge is -2.07. The van der Waals surface area contributed by atoms with Crippen LogP contribution in [-0.4, -0.2) is 5.91 Å². The summed E-state index contributed by atoms with van der Waals surface area (Å²) in [6.07, 6.45) is -0.133. The second kappa shape index (κ2) is 6.11. The molecule has 0 saturated carbocycles. The van der Waals surface area contributed by atoms with E-state index in [1.54, 1.807) is 0 Å². The van der Waals surface area contributed by atoms with Gasteiger partial charge in [-0.1, -0.05) is 48.5 Å². The first kappa shape index (κ1) is 13.8. The van der Waals surface area contributed by atoms with Crippen molar-refractivity contribution in [3.05, 3.63) is 66.7 Å². The first-order valence-corrected chi connectivity index (χ1v) is 7.02. The van der Waals surface area contributed by atoms with Crippen LogP contribution >= 0.6 is 0 Å². The van der Waals surface area contributed by atoms with Gasteiger partial charge >= 0.3 is 0 Å². The number of benzene rings is 3. The number of nitriles is 1. The molecule has 3 rings (SSSR count). The molecule has 0 aliphatic carbocycles. The summed E-state index contributed by atoms with van der Waals surface area (Å²) in [5, 5.41) is 13.6. The van der Waals surface area contributed by atoms with Crippen molar-refractivity contribution in [1.29, 1.82) is 5.26 Å². The lowest BCUT2D eigenvalue weighted by Crippen LogP contribution is -2.09. The van der Waals surface area contributed by atoms with Crippen molar-refractivity contribution >= 4 is 22.4 Å². The molecule has 3 heteroatoms. The number of nitrogens with zero attached hydrogens (tertiary/aromatic N) is 1. The molecule has 0 aliphatic heterocycles. The van der Waals surface area contributed by atoms with Gasteiger partial charge in [-0.25, -0.2) is 0 Å². The molecule has 0 saturated heterocycles. The minimum Gasteiger partial charge on any atom is -0.325 e. The highest BCUT2D eigenvalue weighted by Gasteiger charge is 2.03. The number of fused-ring (bicyclic) bond motifs is 1. The van der Waals surface area contributed by atoms with Crippen LogP contribution in [-0.2, 0) is 4.79 Å². The number of carbonyl (C=O) groups is 1. The van der Waals surface area contributed by atoms with Crippen LogP contribution in [0.15, 0.2) is 66.7 Å². The van der Waals surface area contributed by atoms with Crippen LogP contribution in [0, 0.1) is 11.3 Å². The summed E-state index contributed by atoms with van der Waals surface area (Å²) in [4.78, 5) is 11.4. The molecular formula is C19H14N2O. The summed E-state index contributed by atoms with van der Waals surface area (Å²) in [6.45, 7) is 0. The molecule has 0 bridgehead atoms. The Morgan fingerprint density at radius 3 is 2.32 bits per heavy atom. The van der Waals surface area contributed by atoms with E-state index in [-0.39, 0.29) is 12.3 Å². The Morgan fingerprint density at radius 1 is 0.909 bits per heavy atom. The SMILES string of the molecule is N#CCC(=O)Nc1ccc(-c2ccc3ccccc3c2)cc1. The summed E-state index contributed by atoms with van der Waals surface area (Å²) < 4.78 is 0. The number of hydrogen-bond acceptors (Lipinski definition) is 2. The highest BCUT2D eigenvalue weighted by Crippen LogP contribution is 2.25. The molecule has 3 aromatic carbocycles. The van der Waals surface area contributed by atoms with Gasteiger partial charge in [0.2, 0.25) is 5.91 Å². The van der Waals surface area contributed by atoms with Crippen molar-refractivity contribution in [1.82, 2.24) is 0 Å². The third-order valence-corrected chi connectivity index (χ3v) is 3.49. The molecule has 1 amide bonds. The van der Waals surface area contributed by atoms with Crippen LogP contribution in [0.25, 0.3) is 21.9 Å². The quantitative estimate of drug-likeness (QED) is 0.777. The van der Waals surface area contributed by atoms with E-state index in [0.717, 1.165) is 11.1 Å². The molecule has 0 fully saturated rings. The monoisotopic (exact) mass is 286 g/mol. The summed E-state index contributed by atoms with van der Waals surface area (Å²) in [5.74, 6) is -0.291. The molecule has 0 radical (unpaired) electrons. The van der Waals surface area contributed by atoms with E-state index in [4.69, 9.17) is 5.26 Å². The molecule has 106 valence electrons. The number of rotatable bonds is 3. The Hall–Kier alpha value is -3.12. The second-order valence-corrected chi connectivity index (χ2v) is 5.02. The van der Waals surface area contributed by atoms with Gasteiger partial charge in [-0.3, -0.25) is 4.79 Å². The molecule has 0 aromatic heterocycles. The third kappa shape index (κ3) is 2.97. The van der Waals surface area contributed by atoms with Gasteiger partial charge in [0, 0.05) is 5.69 Å². The first-order chi connectivity index (χ1) is 10.8. The number of hydrogen-bond donors (Lipinski definition) is 1. The Bertz CT molecular complexity index is 860. The van der Waals surface area contributed by atoms with E-state index in [2.05, 4.69) is 35.6 Å². The molecule has 0 heterocycles. The highest BCUT2D eigenvalue weighted by molar-refractivity contribution is 5.92. The second-order valence-electron chi connectivity index (χ2n) is 5.02. The van der Waals surface area contributed by atoms with Crippen LogP contribution in [0.5, 0.6) is 0 Å². The molecule has 0 aliphatic rings. The number of nitrogens with one attached hydrogen (secondary N) is 1. The van der Waals surface area contributed by atoms with Gasteiger partial charge in [-0.15, -0.1) is 0 Å². The maximum Gasteiger partial charge on any atom is 0.238 e. The van der Waals surface area contributed by atoms with Crippen molar-refractivity contribution in [2.45, 2.75) is 6.42 Å². The fraction of sp³-hybridized carbons (Fsp3) is 0.0526. The van der Waals surface area contributed by atoms with Crippen molar-refractivity contribution in [2.75, 3.05) is 5.32 Å². The van der Waals surface area contributed by atoms with E-state index in [1.807, 2.05) is 42.5 Å². The normalized spacial score (nSPS) is 10.1. The van der Waals surface area contributed by atoms with E-state index in [0.29, 0.717) is 5.69 Å². The summed E-state index contributed by atoms with van der Waals surface area (Å²) in [5.41, 5.74) is 2.92. The summed E-state index contributed by atoms with van der Waals surface area (Å²) in [6, 6.07) is 24.0. The molecule has 3 nitrogen and oxygen atoms in total. The fourth-order valence-corrected chi connectivity index (χ4v) is 2.39. The van der Waals surface area contributed by atoms with Crippen LogP contribution in [0.2, 0.25) is 0 Å². The minimum absolute atomic E-state index is 0.133. The van der Waals surface area contributed by atoms with E-state index in [1.165, 1.54) is 10.8 Å². The minimum atomic E-state index is -0.291. The maximum atomic E-state index is 11.4. The van der Waals surface area contributed by atoms with Crippen LogP contribution in [0.1, 0.15) is 6.42 Å². The highest BCUT2D eigenvalue weighted by atomic mass is 16.1. The summed E-state index contributed by atoms with van der Waals surface area (Å²) in [7, 11) is 0. The molecule has 3 aromatic rings. The largest absolute Gasteiger partial charge is 0.325 e. The van der Waals surface area contributed by atoms with Crippen LogP contribution in [0.3, 0.4) is 0 Å². The smallest absolute Gasteiger partial charge is 0.238 e. The lowest BCUT2D eigenvalue weighted by atomic mass is 10.0. The molecule has 1 N–H and O–H groups in total. The first-order valence-electron chi connectivity index (χ1n) is 7.02. The van der Waals surface area contributed by atoms with Gasteiger partial charge in [0.1, 0.15) is 6.42 Å². The third-order valence-electron chi connectivity index (χ3n) is 3.49. The van der Waals surface area contributed by atoms with E-state index in [9.17, 15) is 4.79 Å². The predicted octanol–water partition coefficient (Wildman–Crippen LogP) is 4.36. The molecule has 22 heavy (non-hydrogen) atoms. The van der Waals surface area contributed by atoms with Crippen LogP contribution < -0.4 is 5.32 Å². The van der Waals surface area contributed by atoms with Crippen LogP contribution in [0.4, 0.5) is 5.69 Å². The average Bonchev–Trinajstić information content (AvgIpc) is 2.55. The standard InChI is InChI=1S/C19H14N2O/c20-12-11-19(22)21-18-9-7-15(8-10-18)17-6-5-14-3-1-2-4-16(14)13-17/h1-10,13H,11H2,(H,21,22). The van der Waals surface area contributed by atoms with E-state index >= 15 is 0 Å². The average molecular weight is 286 g/mol. The molecule has 0 spiro atoms. The van der Waals surface area contributed by atoms with E-state index < -0.39 is 0 Å². The van der Waals surface area contributed by atoms with Gasteiger partial charge in [0.05, 0.1) is 6.07 Å². The Balaban J connectivity index is 1.85. The van der Waals surface area contributed by atoms with Gasteiger partial charge in [-0.05, 0) is 40.1 Å². The summed E-state index contributed by atoms with van der Waals surface area (Å²) >= 11 is 0. The molecule has 0 atom stereocenters. The van der Waals surface area contributed by atoms with Gasteiger partial charge in [-0.2, -0.15) is 5.26 Å². The van der Waals surface area contributed by atoms with Gasteiger partial charge in [0.15, 0.2) is 0 Å². The Kier molecular flexibility index (Phi) is 3.84. The zero-order valence-electron chi connectivity index (χ0n) is 11.9. The molecular weight excluding hydrogens is 272 g/mol. The number of anilines is 1. The molecule has 0 unspecified atom stereocenters. The Labute approximate surface area is 128 Å². The fourth-order valence-electron chi connectivity index (χ4n) is 2.39. The lowest BCUT2D eigenvalue weighted by molar-refractivity contribution is -0.115. The van der Waals surface area contributed by atoms with Crippen molar-refractivity contribution in [3.63, 3.8) is 0 Å². The van der Waals surface area contributed by atoms with Crippen molar-refractivity contribution in [2.24, 2.45) is 0 Å². The number of amides is 1.